The molecule has 2 aromatic carbocycles. The van der Waals surface area contributed by atoms with Gasteiger partial charge in [-0.05, 0) is 65.9 Å². The molecule has 1 saturated carbocycles. The van der Waals surface area contributed by atoms with Gasteiger partial charge in [-0.25, -0.2) is 9.78 Å². The van der Waals surface area contributed by atoms with Gasteiger partial charge in [-0.15, -0.1) is 0 Å². The van der Waals surface area contributed by atoms with Crippen molar-refractivity contribution >= 4 is 49.7 Å². The number of aryl methyl sites for hydroxylation is 1. The van der Waals surface area contributed by atoms with E-state index in [1.807, 2.05) is 41.0 Å². The molecule has 0 radical (unpaired) electrons. The summed E-state index contributed by atoms with van der Waals surface area (Å²) in [7, 11) is 0. The van der Waals surface area contributed by atoms with Gasteiger partial charge in [0.05, 0.1) is 11.0 Å². The molecule has 1 aliphatic rings. The number of hydrogen-bond acceptors (Lipinski definition) is 4. The van der Waals surface area contributed by atoms with E-state index in [1.54, 1.807) is 6.92 Å². The smallest absolute Gasteiger partial charge is 0.326 e. The van der Waals surface area contributed by atoms with E-state index in [2.05, 4.69) is 31.2 Å². The predicted octanol–water partition coefficient (Wildman–Crippen LogP) is 4.91. The summed E-state index contributed by atoms with van der Waals surface area (Å²) in [5.41, 5.74) is 3.78. The summed E-state index contributed by atoms with van der Waals surface area (Å²) in [6.45, 7) is 1.80. The molecule has 0 saturated heterocycles. The monoisotopic (exact) mass is 468 g/mol. The second-order valence-corrected chi connectivity index (χ2v) is 8.70. The van der Waals surface area contributed by atoms with Crippen molar-refractivity contribution in [2.24, 2.45) is 5.92 Å². The van der Waals surface area contributed by atoms with Crippen LogP contribution in [0.2, 0.25) is 0 Å². The number of nitrogens with zero attached hydrogens (tertiary/aromatic N) is 2. The molecule has 0 atom stereocenters. The fourth-order valence-electron chi connectivity index (χ4n) is 4.43. The van der Waals surface area contributed by atoms with Crippen LogP contribution < -0.4 is 11.0 Å². The van der Waals surface area contributed by atoms with Gasteiger partial charge in [-0.1, -0.05) is 6.07 Å². The highest BCUT2D eigenvalue weighted by Gasteiger charge is 2.29. The maximum atomic E-state index is 12.8. The molecular formula is C22H21BrN4O3. The Labute approximate surface area is 180 Å². The van der Waals surface area contributed by atoms with Crippen molar-refractivity contribution in [3.8, 4) is 0 Å². The van der Waals surface area contributed by atoms with Crippen molar-refractivity contribution in [3.63, 3.8) is 0 Å². The van der Waals surface area contributed by atoms with Crippen LogP contribution in [0.1, 0.15) is 37.6 Å². The maximum Gasteiger partial charge on any atom is 0.326 e. The molecule has 2 heterocycles. The van der Waals surface area contributed by atoms with Crippen molar-refractivity contribution in [1.82, 2.24) is 14.5 Å². The minimum absolute atomic E-state index is 0.0121. The van der Waals surface area contributed by atoms with E-state index < -0.39 is 0 Å². The number of nitrogens with one attached hydrogen (secondary N) is 2. The van der Waals surface area contributed by atoms with Gasteiger partial charge >= 0.3 is 5.69 Å². The normalized spacial score (nSPS) is 19.4. The number of H-pyrrole nitrogens is 1. The van der Waals surface area contributed by atoms with Crippen molar-refractivity contribution in [2.75, 3.05) is 5.32 Å². The number of rotatable bonds is 3. The maximum absolute atomic E-state index is 12.8. The van der Waals surface area contributed by atoms with E-state index in [-0.39, 0.29) is 23.6 Å². The number of fused-ring (bicyclic) bond motifs is 2. The third kappa shape index (κ3) is 3.35. The summed E-state index contributed by atoms with van der Waals surface area (Å²) in [5, 5.41) is 3.00. The first-order valence-electron chi connectivity index (χ1n) is 10.1. The predicted molar refractivity (Wildman–Crippen MR) is 119 cm³/mol. The van der Waals surface area contributed by atoms with Gasteiger partial charge in [-0.3, -0.25) is 9.36 Å². The standard InChI is InChI=1S/C22H21BrN4O3/c1-12-24-17-10-7-14(11-19(17)30-12)25-21(28)13-5-8-15(9-6-13)27-18-4-2-3-16(23)20(18)26-22(27)29/h2-4,7,10-11,13,15H,5-6,8-9H2,1H3,(H,25,28)(H,26,29). The summed E-state index contributed by atoms with van der Waals surface area (Å²) in [4.78, 5) is 32.6. The fourth-order valence-corrected chi connectivity index (χ4v) is 4.89. The topological polar surface area (TPSA) is 92.9 Å². The third-order valence-corrected chi connectivity index (χ3v) is 6.56. The molecule has 4 aromatic rings. The summed E-state index contributed by atoms with van der Waals surface area (Å²) in [6.07, 6.45) is 3.07. The van der Waals surface area contributed by atoms with E-state index in [0.717, 1.165) is 46.7 Å². The third-order valence-electron chi connectivity index (χ3n) is 5.90. The van der Waals surface area contributed by atoms with Crippen LogP contribution in [-0.2, 0) is 4.79 Å². The second-order valence-electron chi connectivity index (χ2n) is 7.84. The SMILES string of the molecule is Cc1nc2ccc(NC(=O)C3CCC(n4c(=O)[nH]c5c(Br)cccc54)CC3)cc2o1. The molecule has 2 aromatic heterocycles. The highest BCUT2D eigenvalue weighted by molar-refractivity contribution is 9.10. The summed E-state index contributed by atoms with van der Waals surface area (Å²) in [5.74, 6) is 0.547. The quantitative estimate of drug-likeness (QED) is 0.446. The van der Waals surface area contributed by atoms with Gasteiger partial charge in [0.2, 0.25) is 5.91 Å². The van der Waals surface area contributed by atoms with Gasteiger partial charge in [0.15, 0.2) is 11.5 Å². The first kappa shape index (κ1) is 19.1. The number of para-hydroxylation sites is 1. The van der Waals surface area contributed by atoms with Crippen LogP contribution >= 0.6 is 15.9 Å². The van der Waals surface area contributed by atoms with E-state index >= 15 is 0 Å². The van der Waals surface area contributed by atoms with Crippen molar-refractivity contribution in [1.29, 1.82) is 0 Å². The molecule has 0 aliphatic heterocycles. The molecular weight excluding hydrogens is 448 g/mol. The largest absolute Gasteiger partial charge is 0.441 e. The van der Waals surface area contributed by atoms with Crippen molar-refractivity contribution in [2.45, 2.75) is 38.6 Å². The number of amides is 1. The zero-order valence-corrected chi connectivity index (χ0v) is 18.0. The minimum atomic E-state index is -0.0968. The lowest BCUT2D eigenvalue weighted by Crippen LogP contribution is -2.31. The number of hydrogen-bond donors (Lipinski definition) is 2. The summed E-state index contributed by atoms with van der Waals surface area (Å²) in [6, 6.07) is 11.4. The number of carbonyl (C=O) groups excluding carboxylic acids is 1. The Morgan fingerprint density at radius 2 is 2.03 bits per heavy atom. The number of oxazole rings is 1. The minimum Gasteiger partial charge on any atom is -0.441 e. The van der Waals surface area contributed by atoms with Crippen molar-refractivity contribution < 1.29 is 9.21 Å². The van der Waals surface area contributed by atoms with Gasteiger partial charge < -0.3 is 14.7 Å². The lowest BCUT2D eigenvalue weighted by molar-refractivity contribution is -0.121. The van der Waals surface area contributed by atoms with Crippen LogP contribution in [0.15, 0.2) is 50.1 Å². The molecule has 154 valence electrons. The lowest BCUT2D eigenvalue weighted by atomic mass is 9.85. The van der Waals surface area contributed by atoms with E-state index in [1.165, 1.54) is 0 Å². The van der Waals surface area contributed by atoms with Crippen LogP contribution in [0, 0.1) is 12.8 Å². The van der Waals surface area contributed by atoms with Crippen LogP contribution in [0.5, 0.6) is 0 Å². The number of anilines is 1. The average molecular weight is 469 g/mol. The van der Waals surface area contributed by atoms with E-state index in [0.29, 0.717) is 17.2 Å². The van der Waals surface area contributed by atoms with Crippen LogP contribution in [0.4, 0.5) is 5.69 Å². The average Bonchev–Trinajstić information content (AvgIpc) is 3.27. The summed E-state index contributed by atoms with van der Waals surface area (Å²) >= 11 is 3.50. The van der Waals surface area contributed by atoms with Crippen LogP contribution in [-0.4, -0.2) is 20.4 Å². The van der Waals surface area contributed by atoms with Crippen LogP contribution in [0.3, 0.4) is 0 Å². The second kappa shape index (κ2) is 7.43. The van der Waals surface area contributed by atoms with E-state index in [4.69, 9.17) is 4.42 Å². The number of imidazole rings is 1. The number of aromatic nitrogens is 3. The molecule has 0 spiro atoms. The summed E-state index contributed by atoms with van der Waals surface area (Å²) < 4.78 is 8.26. The highest BCUT2D eigenvalue weighted by Crippen LogP contribution is 2.34. The Balaban J connectivity index is 1.28. The molecule has 30 heavy (non-hydrogen) atoms. The lowest BCUT2D eigenvalue weighted by Gasteiger charge is -2.28. The van der Waals surface area contributed by atoms with Crippen molar-refractivity contribution in [3.05, 3.63) is 57.2 Å². The van der Waals surface area contributed by atoms with Gasteiger partial charge in [0.25, 0.3) is 0 Å². The molecule has 2 N–H and O–H groups in total. The molecule has 7 nitrogen and oxygen atoms in total. The molecule has 8 heteroatoms. The number of benzene rings is 2. The van der Waals surface area contributed by atoms with Crippen LogP contribution in [0.25, 0.3) is 22.1 Å². The molecule has 0 bridgehead atoms. The first-order valence-corrected chi connectivity index (χ1v) is 10.9. The molecule has 1 aliphatic carbocycles. The molecule has 5 rings (SSSR count). The molecule has 1 amide bonds. The Kier molecular flexibility index (Phi) is 4.73. The Hall–Kier alpha value is -2.87. The first-order chi connectivity index (χ1) is 14.5. The fraction of sp³-hybridized carbons (Fsp3) is 0.318. The van der Waals surface area contributed by atoms with Gasteiger partial charge in [-0.2, -0.15) is 0 Å². The number of aromatic amines is 1. The Bertz CT molecular complexity index is 1310. The highest BCUT2D eigenvalue weighted by atomic mass is 79.9. The number of carbonyl (C=O) groups is 1. The zero-order chi connectivity index (χ0) is 20.8. The van der Waals surface area contributed by atoms with Gasteiger partial charge in [0.1, 0.15) is 5.52 Å². The van der Waals surface area contributed by atoms with E-state index in [9.17, 15) is 9.59 Å². The Morgan fingerprint density at radius 3 is 2.83 bits per heavy atom. The van der Waals surface area contributed by atoms with Gasteiger partial charge in [0, 0.05) is 35.1 Å². The molecule has 1 fully saturated rings. The number of halogens is 1. The zero-order valence-electron chi connectivity index (χ0n) is 16.4. The Morgan fingerprint density at radius 1 is 1.23 bits per heavy atom. The molecule has 0 unspecified atom stereocenters.